The molecule has 0 amide bonds. The molecule has 1 fully saturated rings. The number of rotatable bonds is 7. The zero-order valence-electron chi connectivity index (χ0n) is 13.3. The smallest absolute Gasteiger partial charge is 0.0947 e. The number of aliphatic hydroxyl groups is 1. The van der Waals surface area contributed by atoms with Crippen molar-refractivity contribution < 1.29 is 14.6 Å². The second-order valence-electron chi connectivity index (χ2n) is 6.05. The number of benzene rings is 1. The van der Waals surface area contributed by atoms with E-state index < -0.39 is 6.10 Å². The third kappa shape index (κ3) is 5.30. The van der Waals surface area contributed by atoms with Gasteiger partial charge in [-0.15, -0.1) is 0 Å². The van der Waals surface area contributed by atoms with E-state index in [2.05, 4.69) is 36.9 Å². The lowest BCUT2D eigenvalue weighted by atomic mass is 10.1. The molecule has 1 aromatic rings. The first-order chi connectivity index (χ1) is 10.0. The first kappa shape index (κ1) is 16.3. The fraction of sp³-hybridized carbons (Fsp3) is 0.647. The van der Waals surface area contributed by atoms with Crippen molar-refractivity contribution in [2.75, 3.05) is 38.3 Å². The first-order valence-electron chi connectivity index (χ1n) is 7.71. The monoisotopic (exact) mass is 293 g/mol. The summed E-state index contributed by atoms with van der Waals surface area (Å²) in [6.07, 6.45) is 1.91. The normalized spacial score (nSPS) is 19.7. The van der Waals surface area contributed by atoms with Crippen molar-refractivity contribution in [2.24, 2.45) is 0 Å². The fourth-order valence-electron chi connectivity index (χ4n) is 2.76. The maximum Gasteiger partial charge on any atom is 0.0947 e. The van der Waals surface area contributed by atoms with E-state index in [4.69, 9.17) is 9.47 Å². The number of nitrogens with zero attached hydrogens (tertiary/aromatic N) is 1. The molecule has 1 aliphatic rings. The Morgan fingerprint density at radius 2 is 2.05 bits per heavy atom. The van der Waals surface area contributed by atoms with E-state index in [1.807, 2.05) is 7.05 Å². The van der Waals surface area contributed by atoms with Crippen LogP contribution in [0.15, 0.2) is 18.2 Å². The minimum atomic E-state index is -0.489. The third-order valence-corrected chi connectivity index (χ3v) is 3.77. The van der Waals surface area contributed by atoms with Gasteiger partial charge in [0, 0.05) is 25.9 Å². The standard InChI is InChI=1S/C17H27NO3/c1-13-7-14(2)9-15(8-13)18(3)10-16(19)11-20-12-17-5-4-6-21-17/h7-9,16-17,19H,4-6,10-12H2,1-3H3. The average Bonchev–Trinajstić information content (AvgIpc) is 2.90. The molecule has 4 nitrogen and oxygen atoms in total. The molecule has 2 rings (SSSR count). The molecule has 118 valence electrons. The zero-order valence-corrected chi connectivity index (χ0v) is 13.3. The van der Waals surface area contributed by atoms with Crippen LogP contribution in [0, 0.1) is 13.8 Å². The Kier molecular flexibility index (Phi) is 6.03. The molecule has 0 radical (unpaired) electrons. The van der Waals surface area contributed by atoms with Crippen LogP contribution in [0.2, 0.25) is 0 Å². The van der Waals surface area contributed by atoms with E-state index in [9.17, 15) is 5.11 Å². The summed E-state index contributed by atoms with van der Waals surface area (Å²) in [6.45, 7) is 6.52. The third-order valence-electron chi connectivity index (χ3n) is 3.77. The van der Waals surface area contributed by atoms with Gasteiger partial charge < -0.3 is 19.5 Å². The van der Waals surface area contributed by atoms with E-state index in [0.717, 1.165) is 25.1 Å². The summed E-state index contributed by atoms with van der Waals surface area (Å²) in [5.74, 6) is 0. The molecule has 21 heavy (non-hydrogen) atoms. The molecule has 0 aromatic heterocycles. The van der Waals surface area contributed by atoms with Gasteiger partial charge in [-0.2, -0.15) is 0 Å². The highest BCUT2D eigenvalue weighted by molar-refractivity contribution is 5.50. The molecule has 0 aliphatic carbocycles. The topological polar surface area (TPSA) is 41.9 Å². The summed E-state index contributed by atoms with van der Waals surface area (Å²) in [6, 6.07) is 6.42. The predicted molar refractivity (Wildman–Crippen MR) is 85.0 cm³/mol. The molecule has 1 saturated heterocycles. The number of likely N-dealkylation sites (N-methyl/N-ethyl adjacent to an activating group) is 1. The summed E-state index contributed by atoms with van der Waals surface area (Å²) in [5, 5.41) is 10.1. The zero-order chi connectivity index (χ0) is 15.2. The van der Waals surface area contributed by atoms with Crippen molar-refractivity contribution in [1.82, 2.24) is 0 Å². The second kappa shape index (κ2) is 7.78. The van der Waals surface area contributed by atoms with Gasteiger partial charge in [-0.25, -0.2) is 0 Å². The van der Waals surface area contributed by atoms with E-state index in [1.165, 1.54) is 11.1 Å². The van der Waals surface area contributed by atoms with E-state index >= 15 is 0 Å². The Bertz CT molecular complexity index is 423. The number of aryl methyl sites for hydroxylation is 2. The molecule has 1 heterocycles. The Balaban J connectivity index is 1.74. The van der Waals surface area contributed by atoms with Gasteiger partial charge in [0.2, 0.25) is 0 Å². The summed E-state index contributed by atoms with van der Waals surface area (Å²) < 4.78 is 11.1. The molecule has 1 N–H and O–H groups in total. The van der Waals surface area contributed by atoms with Gasteiger partial charge >= 0.3 is 0 Å². The first-order valence-corrected chi connectivity index (χ1v) is 7.71. The van der Waals surface area contributed by atoms with Crippen LogP contribution in [0.5, 0.6) is 0 Å². The van der Waals surface area contributed by atoms with Crippen LogP contribution >= 0.6 is 0 Å². The Morgan fingerprint density at radius 3 is 2.67 bits per heavy atom. The van der Waals surface area contributed by atoms with Crippen molar-refractivity contribution >= 4 is 5.69 Å². The number of ether oxygens (including phenoxy) is 2. The van der Waals surface area contributed by atoms with Crippen molar-refractivity contribution in [2.45, 2.75) is 38.9 Å². The summed E-state index contributed by atoms with van der Waals surface area (Å²) >= 11 is 0. The van der Waals surface area contributed by atoms with Gasteiger partial charge in [-0.1, -0.05) is 6.07 Å². The largest absolute Gasteiger partial charge is 0.389 e. The van der Waals surface area contributed by atoms with Crippen LogP contribution in [-0.4, -0.2) is 50.7 Å². The molecule has 2 unspecified atom stereocenters. The minimum absolute atomic E-state index is 0.217. The molecule has 0 bridgehead atoms. The van der Waals surface area contributed by atoms with Crippen molar-refractivity contribution in [1.29, 1.82) is 0 Å². The van der Waals surface area contributed by atoms with E-state index in [1.54, 1.807) is 0 Å². The van der Waals surface area contributed by atoms with Crippen molar-refractivity contribution in [3.63, 3.8) is 0 Å². The van der Waals surface area contributed by atoms with E-state index in [-0.39, 0.29) is 6.10 Å². The maximum absolute atomic E-state index is 10.1. The lowest BCUT2D eigenvalue weighted by molar-refractivity contribution is -0.0147. The number of anilines is 1. The number of aliphatic hydroxyl groups excluding tert-OH is 1. The number of hydrogen-bond acceptors (Lipinski definition) is 4. The maximum atomic E-state index is 10.1. The van der Waals surface area contributed by atoms with Gasteiger partial charge in [0.05, 0.1) is 25.4 Å². The molecule has 1 aromatic carbocycles. The van der Waals surface area contributed by atoms with Crippen molar-refractivity contribution in [3.8, 4) is 0 Å². The summed E-state index contributed by atoms with van der Waals surface area (Å²) in [4.78, 5) is 2.07. The molecule has 2 atom stereocenters. The van der Waals surface area contributed by atoms with Gasteiger partial charge in [-0.05, 0) is 49.9 Å². The van der Waals surface area contributed by atoms with Gasteiger partial charge in [0.25, 0.3) is 0 Å². The summed E-state index contributed by atoms with van der Waals surface area (Å²) in [5.41, 5.74) is 3.60. The highest BCUT2D eigenvalue weighted by atomic mass is 16.5. The van der Waals surface area contributed by atoms with Gasteiger partial charge in [0.1, 0.15) is 0 Å². The van der Waals surface area contributed by atoms with Crippen LogP contribution in [0.3, 0.4) is 0 Å². The minimum Gasteiger partial charge on any atom is -0.389 e. The Labute approximate surface area is 127 Å². The Morgan fingerprint density at radius 1 is 1.33 bits per heavy atom. The molecule has 0 spiro atoms. The second-order valence-corrected chi connectivity index (χ2v) is 6.05. The van der Waals surface area contributed by atoms with Crippen LogP contribution in [-0.2, 0) is 9.47 Å². The van der Waals surface area contributed by atoms with Crippen LogP contribution in [0.25, 0.3) is 0 Å². The lowest BCUT2D eigenvalue weighted by Crippen LogP contribution is -2.33. The molecule has 0 saturated carbocycles. The quantitative estimate of drug-likeness (QED) is 0.837. The average molecular weight is 293 g/mol. The van der Waals surface area contributed by atoms with Crippen LogP contribution in [0.4, 0.5) is 5.69 Å². The van der Waals surface area contributed by atoms with Gasteiger partial charge in [-0.3, -0.25) is 0 Å². The lowest BCUT2D eigenvalue weighted by Gasteiger charge is -2.24. The Hall–Kier alpha value is -1.10. The van der Waals surface area contributed by atoms with Crippen molar-refractivity contribution in [3.05, 3.63) is 29.3 Å². The number of hydrogen-bond donors (Lipinski definition) is 1. The van der Waals surface area contributed by atoms with E-state index in [0.29, 0.717) is 19.8 Å². The highest BCUT2D eigenvalue weighted by Gasteiger charge is 2.16. The summed E-state index contributed by atoms with van der Waals surface area (Å²) in [7, 11) is 2.00. The molecule has 4 heteroatoms. The SMILES string of the molecule is Cc1cc(C)cc(N(C)CC(O)COCC2CCCO2)c1. The molecule has 1 aliphatic heterocycles. The van der Waals surface area contributed by atoms with Gasteiger partial charge in [0.15, 0.2) is 0 Å². The van der Waals surface area contributed by atoms with Crippen LogP contribution in [0.1, 0.15) is 24.0 Å². The highest BCUT2D eigenvalue weighted by Crippen LogP contribution is 2.18. The predicted octanol–water partition coefficient (Wildman–Crippen LogP) is 2.30. The molecular formula is C17H27NO3. The fourth-order valence-corrected chi connectivity index (χ4v) is 2.76. The molecular weight excluding hydrogens is 266 g/mol. The van der Waals surface area contributed by atoms with Crippen LogP contribution < -0.4 is 4.90 Å².